The highest BCUT2D eigenvalue weighted by atomic mass is 79.9. The van der Waals surface area contributed by atoms with Crippen LogP contribution >= 0.6 is 15.9 Å². The Morgan fingerprint density at radius 1 is 1.29 bits per heavy atom. The molecule has 24 heavy (non-hydrogen) atoms. The number of carbonyl (C=O) groups is 1. The number of ether oxygens (including phenoxy) is 1. The largest absolute Gasteiger partial charge is 0.444 e. The molecule has 0 saturated carbocycles. The lowest BCUT2D eigenvalue weighted by molar-refractivity contribution is 0.0113. The summed E-state index contributed by atoms with van der Waals surface area (Å²) >= 11 is 3.46. The second-order valence-electron chi connectivity index (χ2n) is 7.73. The molecular formula is C19H29BrN2O2. The zero-order valence-electron chi connectivity index (χ0n) is 15.3. The second-order valence-corrected chi connectivity index (χ2v) is 8.64. The summed E-state index contributed by atoms with van der Waals surface area (Å²) in [5.41, 5.74) is 0.818. The van der Waals surface area contributed by atoms with E-state index in [2.05, 4.69) is 59.4 Å². The van der Waals surface area contributed by atoms with E-state index in [1.165, 1.54) is 5.56 Å². The van der Waals surface area contributed by atoms with Crippen LogP contribution in [0.2, 0.25) is 0 Å². The lowest BCUT2D eigenvalue weighted by Gasteiger charge is -2.32. The highest BCUT2D eigenvalue weighted by Crippen LogP contribution is 2.29. The number of carbonyl (C=O) groups excluding carboxylic acids is 1. The van der Waals surface area contributed by atoms with E-state index in [1.807, 2.05) is 25.7 Å². The van der Waals surface area contributed by atoms with E-state index in [4.69, 9.17) is 4.74 Å². The van der Waals surface area contributed by atoms with Gasteiger partial charge in [-0.2, -0.15) is 0 Å². The van der Waals surface area contributed by atoms with E-state index in [-0.39, 0.29) is 18.3 Å². The Bertz CT molecular complexity index is 553. The van der Waals surface area contributed by atoms with Crippen molar-refractivity contribution in [3.05, 3.63) is 34.3 Å². The van der Waals surface area contributed by atoms with Gasteiger partial charge in [0.2, 0.25) is 0 Å². The molecule has 1 aliphatic rings. The third kappa shape index (κ3) is 5.21. The number of rotatable bonds is 4. The van der Waals surface area contributed by atoms with Crippen molar-refractivity contribution in [2.45, 2.75) is 65.3 Å². The third-order valence-corrected chi connectivity index (χ3v) is 4.84. The number of amides is 1. The molecule has 1 heterocycles. The van der Waals surface area contributed by atoms with Crippen LogP contribution in [0.5, 0.6) is 0 Å². The molecule has 1 aromatic carbocycles. The molecule has 1 unspecified atom stereocenters. The van der Waals surface area contributed by atoms with Gasteiger partial charge in [0.1, 0.15) is 5.60 Å². The Morgan fingerprint density at radius 3 is 2.50 bits per heavy atom. The molecule has 134 valence electrons. The Morgan fingerprint density at radius 2 is 1.92 bits per heavy atom. The third-order valence-electron chi connectivity index (χ3n) is 4.31. The average molecular weight is 397 g/mol. The van der Waals surface area contributed by atoms with Crippen LogP contribution in [0.3, 0.4) is 0 Å². The Balaban J connectivity index is 1.95. The maximum atomic E-state index is 12.6. The van der Waals surface area contributed by atoms with Crippen LogP contribution in [-0.4, -0.2) is 35.3 Å². The van der Waals surface area contributed by atoms with E-state index < -0.39 is 5.60 Å². The first-order valence-electron chi connectivity index (χ1n) is 8.66. The van der Waals surface area contributed by atoms with E-state index >= 15 is 0 Å². The van der Waals surface area contributed by atoms with Gasteiger partial charge in [-0.25, -0.2) is 4.79 Å². The molecule has 3 atom stereocenters. The zero-order chi connectivity index (χ0) is 17.9. The number of hydrogen-bond donors (Lipinski definition) is 1. The topological polar surface area (TPSA) is 41.6 Å². The van der Waals surface area contributed by atoms with Gasteiger partial charge in [-0.15, -0.1) is 0 Å². The SMILES string of the molecule is CC1C[C@H](C)[C@H](NCCc2ccc(Br)cc2)N1C(=O)OC(C)(C)C. The number of likely N-dealkylation sites (tertiary alicyclic amines) is 1. The van der Waals surface area contributed by atoms with Gasteiger partial charge < -0.3 is 4.74 Å². The number of benzene rings is 1. The molecule has 1 N–H and O–H groups in total. The fraction of sp³-hybridized carbons (Fsp3) is 0.632. The molecule has 1 aliphatic heterocycles. The summed E-state index contributed by atoms with van der Waals surface area (Å²) in [5.74, 6) is 0.414. The minimum atomic E-state index is -0.468. The molecule has 1 amide bonds. The summed E-state index contributed by atoms with van der Waals surface area (Å²) in [4.78, 5) is 14.4. The molecular weight excluding hydrogens is 368 g/mol. The van der Waals surface area contributed by atoms with Crippen LogP contribution < -0.4 is 5.32 Å². The molecule has 5 heteroatoms. The van der Waals surface area contributed by atoms with Gasteiger partial charge in [0.05, 0.1) is 6.17 Å². The van der Waals surface area contributed by atoms with Crippen molar-refractivity contribution >= 4 is 22.0 Å². The smallest absolute Gasteiger partial charge is 0.411 e. The number of halogens is 1. The van der Waals surface area contributed by atoms with E-state index in [0.29, 0.717) is 5.92 Å². The van der Waals surface area contributed by atoms with Crippen LogP contribution in [0, 0.1) is 5.92 Å². The van der Waals surface area contributed by atoms with Crippen molar-refractivity contribution in [2.24, 2.45) is 5.92 Å². The normalized spacial score (nSPS) is 24.2. The fourth-order valence-corrected chi connectivity index (χ4v) is 3.52. The van der Waals surface area contributed by atoms with Gasteiger partial charge in [0.15, 0.2) is 0 Å². The van der Waals surface area contributed by atoms with Gasteiger partial charge in [0, 0.05) is 17.1 Å². The first-order valence-corrected chi connectivity index (χ1v) is 9.46. The number of hydrogen-bond acceptors (Lipinski definition) is 3. The van der Waals surface area contributed by atoms with Gasteiger partial charge >= 0.3 is 6.09 Å². The number of nitrogens with one attached hydrogen (secondary N) is 1. The van der Waals surface area contributed by atoms with Crippen LogP contribution in [-0.2, 0) is 11.2 Å². The standard InChI is InChI=1S/C19H29BrN2O2/c1-13-12-14(2)22(18(23)24-19(3,4)5)17(13)21-11-10-15-6-8-16(20)9-7-15/h6-9,13-14,17,21H,10-12H2,1-5H3/t13-,14?,17+/m0/s1. The van der Waals surface area contributed by atoms with Crippen molar-refractivity contribution in [1.82, 2.24) is 10.2 Å². The molecule has 4 nitrogen and oxygen atoms in total. The lowest BCUT2D eigenvalue weighted by atomic mass is 10.1. The van der Waals surface area contributed by atoms with Crippen molar-refractivity contribution in [3.63, 3.8) is 0 Å². The summed E-state index contributed by atoms with van der Waals surface area (Å²) in [7, 11) is 0. The van der Waals surface area contributed by atoms with Gasteiger partial charge in [-0.1, -0.05) is 35.0 Å². The summed E-state index contributed by atoms with van der Waals surface area (Å²) in [6.45, 7) is 10.8. The summed E-state index contributed by atoms with van der Waals surface area (Å²) in [5, 5.41) is 3.56. The van der Waals surface area contributed by atoms with E-state index in [9.17, 15) is 4.79 Å². The molecule has 1 aromatic rings. The quantitative estimate of drug-likeness (QED) is 0.809. The van der Waals surface area contributed by atoms with Crippen LogP contribution in [0.1, 0.15) is 46.6 Å². The molecule has 0 bridgehead atoms. The zero-order valence-corrected chi connectivity index (χ0v) is 16.9. The van der Waals surface area contributed by atoms with Crippen LogP contribution in [0.4, 0.5) is 4.79 Å². The highest BCUT2D eigenvalue weighted by molar-refractivity contribution is 9.10. The van der Waals surface area contributed by atoms with Gasteiger partial charge in [-0.05, 0) is 64.2 Å². The summed E-state index contributed by atoms with van der Waals surface area (Å²) in [6.07, 6.45) is 1.74. The fourth-order valence-electron chi connectivity index (χ4n) is 3.25. The molecule has 0 spiro atoms. The van der Waals surface area contributed by atoms with Crippen LogP contribution in [0.15, 0.2) is 28.7 Å². The average Bonchev–Trinajstić information content (AvgIpc) is 2.73. The van der Waals surface area contributed by atoms with Gasteiger partial charge in [0.25, 0.3) is 0 Å². The minimum Gasteiger partial charge on any atom is -0.444 e. The number of nitrogens with zero attached hydrogens (tertiary/aromatic N) is 1. The molecule has 1 saturated heterocycles. The van der Waals surface area contributed by atoms with E-state index in [1.54, 1.807) is 0 Å². The van der Waals surface area contributed by atoms with Crippen molar-refractivity contribution in [1.29, 1.82) is 0 Å². The lowest BCUT2D eigenvalue weighted by Crippen LogP contribution is -2.51. The van der Waals surface area contributed by atoms with Crippen molar-refractivity contribution in [2.75, 3.05) is 6.54 Å². The maximum absolute atomic E-state index is 12.6. The first kappa shape index (κ1) is 19.3. The molecule has 0 aliphatic carbocycles. The molecule has 2 rings (SSSR count). The van der Waals surface area contributed by atoms with E-state index in [0.717, 1.165) is 23.9 Å². The van der Waals surface area contributed by atoms with Crippen LogP contribution in [0.25, 0.3) is 0 Å². The Labute approximate surface area is 154 Å². The maximum Gasteiger partial charge on any atom is 0.411 e. The predicted octanol–water partition coefficient (Wildman–Crippen LogP) is 4.57. The highest BCUT2D eigenvalue weighted by Gasteiger charge is 2.41. The van der Waals surface area contributed by atoms with Crippen molar-refractivity contribution < 1.29 is 9.53 Å². The minimum absolute atomic E-state index is 0.0327. The monoisotopic (exact) mass is 396 g/mol. The summed E-state index contributed by atoms with van der Waals surface area (Å²) in [6, 6.07) is 8.56. The Hall–Kier alpha value is -1.07. The predicted molar refractivity (Wildman–Crippen MR) is 101 cm³/mol. The summed E-state index contributed by atoms with van der Waals surface area (Å²) < 4.78 is 6.68. The first-order chi connectivity index (χ1) is 11.2. The Kier molecular flexibility index (Phi) is 6.32. The van der Waals surface area contributed by atoms with Crippen molar-refractivity contribution in [3.8, 4) is 0 Å². The van der Waals surface area contributed by atoms with Gasteiger partial charge in [-0.3, -0.25) is 10.2 Å². The second kappa shape index (κ2) is 7.87. The molecule has 1 fully saturated rings. The molecule has 0 aromatic heterocycles. The molecule has 0 radical (unpaired) electrons.